The molecule has 0 aliphatic rings. The van der Waals surface area contributed by atoms with E-state index in [1.54, 1.807) is 72.8 Å². The van der Waals surface area contributed by atoms with Crippen LogP contribution in [0.25, 0.3) is 11.1 Å². The van der Waals surface area contributed by atoms with E-state index in [-0.39, 0.29) is 28.2 Å². The highest BCUT2D eigenvalue weighted by Gasteiger charge is 2.14. The summed E-state index contributed by atoms with van der Waals surface area (Å²) in [7, 11) is 0. The topological polar surface area (TPSA) is 112 Å². The molecular formula is C50H52FNO7. The van der Waals surface area contributed by atoms with Crippen molar-refractivity contribution in [2.24, 2.45) is 0 Å². The lowest BCUT2D eigenvalue weighted by atomic mass is 10.0. The summed E-state index contributed by atoms with van der Waals surface area (Å²) in [6, 6.07) is 31.7. The van der Waals surface area contributed by atoms with Crippen LogP contribution in [0.4, 0.5) is 4.39 Å². The summed E-state index contributed by atoms with van der Waals surface area (Å²) in [5, 5.41) is 8.89. The van der Waals surface area contributed by atoms with Crippen molar-refractivity contribution < 1.29 is 37.7 Å². The van der Waals surface area contributed by atoms with Gasteiger partial charge in [-0.15, -0.1) is 0 Å². The average Bonchev–Trinajstić information content (AvgIpc) is 3.25. The number of rotatable bonds is 23. The number of carbonyl (C=O) groups is 3. The summed E-state index contributed by atoms with van der Waals surface area (Å²) < 4.78 is 36.2. The molecule has 306 valence electrons. The molecule has 0 aliphatic heterocycles. The molecular weight excluding hydrogens is 746 g/mol. The van der Waals surface area contributed by atoms with Crippen molar-refractivity contribution in [1.82, 2.24) is 0 Å². The van der Waals surface area contributed by atoms with Gasteiger partial charge < -0.3 is 18.9 Å². The van der Waals surface area contributed by atoms with Crippen molar-refractivity contribution in [2.75, 3.05) is 6.61 Å². The normalized spacial score (nSPS) is 10.7. The lowest BCUT2D eigenvalue weighted by Crippen LogP contribution is -2.10. The first-order chi connectivity index (χ1) is 28.8. The maximum atomic E-state index is 13.9. The van der Waals surface area contributed by atoms with Gasteiger partial charge in [-0.3, -0.25) is 0 Å². The molecule has 5 aromatic carbocycles. The Hall–Kier alpha value is -6.27. The van der Waals surface area contributed by atoms with Crippen LogP contribution >= 0.6 is 0 Å². The van der Waals surface area contributed by atoms with Gasteiger partial charge in [-0.1, -0.05) is 115 Å². The molecule has 0 saturated carbocycles. The molecule has 5 aromatic rings. The molecule has 0 aliphatic carbocycles. The Labute approximate surface area is 346 Å². The van der Waals surface area contributed by atoms with Crippen LogP contribution in [0.3, 0.4) is 0 Å². The van der Waals surface area contributed by atoms with Crippen LogP contribution < -0.4 is 18.9 Å². The fourth-order valence-electron chi connectivity index (χ4n) is 6.52. The first kappa shape index (κ1) is 43.8. The highest BCUT2D eigenvalue weighted by molar-refractivity contribution is 5.93. The van der Waals surface area contributed by atoms with Gasteiger partial charge in [0, 0.05) is 6.07 Å². The van der Waals surface area contributed by atoms with Gasteiger partial charge in [-0.25, -0.2) is 18.8 Å². The number of benzene rings is 5. The molecule has 0 bridgehead atoms. The summed E-state index contributed by atoms with van der Waals surface area (Å²) in [6.07, 6.45) is 18.3. The molecule has 0 amide bonds. The smallest absolute Gasteiger partial charge is 0.343 e. The van der Waals surface area contributed by atoms with Gasteiger partial charge in [0.25, 0.3) is 0 Å². The van der Waals surface area contributed by atoms with E-state index in [0.29, 0.717) is 23.7 Å². The SMILES string of the molecule is CCCCCCCCCCCCCCCCOc1ccc(C(=O)Oc2ccc(C(=O)Oc3cccc(-c4ccc(C(=O)Oc5ccc(C#N)c(F)c5)cc4)c3)cc2)cc1. The minimum Gasteiger partial charge on any atom is -0.494 e. The van der Waals surface area contributed by atoms with Crippen molar-refractivity contribution in [2.45, 2.75) is 96.8 Å². The second kappa shape index (κ2) is 23.8. The van der Waals surface area contributed by atoms with Crippen molar-refractivity contribution in [3.05, 3.63) is 143 Å². The van der Waals surface area contributed by atoms with E-state index in [2.05, 4.69) is 6.92 Å². The van der Waals surface area contributed by atoms with Gasteiger partial charge in [0.2, 0.25) is 0 Å². The summed E-state index contributed by atoms with van der Waals surface area (Å²) in [5.74, 6) is -1.30. The third kappa shape index (κ3) is 14.6. The predicted octanol–water partition coefficient (Wildman–Crippen LogP) is 12.9. The van der Waals surface area contributed by atoms with Gasteiger partial charge in [-0.2, -0.15) is 5.26 Å². The van der Waals surface area contributed by atoms with E-state index in [1.807, 2.05) is 6.07 Å². The first-order valence-electron chi connectivity index (χ1n) is 20.7. The number of ether oxygens (including phenoxy) is 4. The molecule has 5 rings (SSSR count). The van der Waals surface area contributed by atoms with Crippen molar-refractivity contribution in [3.63, 3.8) is 0 Å². The van der Waals surface area contributed by atoms with Crippen LogP contribution in [0.5, 0.6) is 23.0 Å². The van der Waals surface area contributed by atoms with Crippen LogP contribution in [-0.2, 0) is 0 Å². The molecule has 0 unspecified atom stereocenters. The summed E-state index contributed by atoms with van der Waals surface area (Å²) in [6.45, 7) is 2.91. The molecule has 9 heteroatoms. The van der Waals surface area contributed by atoms with E-state index in [0.717, 1.165) is 30.0 Å². The molecule has 0 spiro atoms. The molecule has 0 heterocycles. The van der Waals surface area contributed by atoms with Gasteiger partial charge >= 0.3 is 17.9 Å². The molecule has 0 fully saturated rings. The van der Waals surface area contributed by atoms with Gasteiger partial charge in [-0.05, 0) is 102 Å². The van der Waals surface area contributed by atoms with E-state index >= 15 is 0 Å². The van der Waals surface area contributed by atoms with Crippen LogP contribution in [0.15, 0.2) is 115 Å². The Morgan fingerprint density at radius 1 is 0.492 bits per heavy atom. The van der Waals surface area contributed by atoms with Gasteiger partial charge in [0.15, 0.2) is 0 Å². The summed E-state index contributed by atoms with van der Waals surface area (Å²) in [4.78, 5) is 38.4. The number of carbonyl (C=O) groups excluding carboxylic acids is 3. The zero-order chi connectivity index (χ0) is 41.7. The number of nitrogens with zero attached hydrogens (tertiary/aromatic N) is 1. The fraction of sp³-hybridized carbons (Fsp3) is 0.320. The number of halogens is 1. The number of nitriles is 1. The largest absolute Gasteiger partial charge is 0.494 e. The third-order valence-corrected chi connectivity index (χ3v) is 9.93. The zero-order valence-corrected chi connectivity index (χ0v) is 33.8. The lowest BCUT2D eigenvalue weighted by molar-refractivity contribution is 0.0723. The maximum absolute atomic E-state index is 13.9. The van der Waals surface area contributed by atoms with Crippen LogP contribution in [0.2, 0.25) is 0 Å². The minimum atomic E-state index is -0.778. The predicted molar refractivity (Wildman–Crippen MR) is 227 cm³/mol. The molecule has 0 atom stereocenters. The molecule has 0 N–H and O–H groups in total. The minimum absolute atomic E-state index is 0.0160. The van der Waals surface area contributed by atoms with Crippen molar-refractivity contribution in [3.8, 4) is 40.2 Å². The monoisotopic (exact) mass is 797 g/mol. The number of unbranched alkanes of at least 4 members (excludes halogenated alkanes) is 13. The molecule has 0 saturated heterocycles. The van der Waals surface area contributed by atoms with Gasteiger partial charge in [0.05, 0.1) is 28.9 Å². The number of esters is 3. The number of hydrogen-bond acceptors (Lipinski definition) is 8. The standard InChI is InChI=1S/C50H52FNO7/c1-2-3-4-5-6-7-8-9-10-11-12-13-14-15-33-56-43-28-23-39(24-29-43)48(53)57-44-30-25-40(26-31-44)50(55)58-45-18-16-17-41(34-45)37-19-21-38(22-20-37)49(54)59-46-32-27-42(36-52)47(51)35-46/h16-32,34-35H,2-15,33H2,1H3. The Balaban J connectivity index is 0.993. The zero-order valence-electron chi connectivity index (χ0n) is 33.8. The van der Waals surface area contributed by atoms with E-state index < -0.39 is 23.7 Å². The molecule has 0 radical (unpaired) electrons. The van der Waals surface area contributed by atoms with Gasteiger partial charge in [0.1, 0.15) is 34.9 Å². The molecule has 0 aromatic heterocycles. The Kier molecular flexibility index (Phi) is 17.7. The van der Waals surface area contributed by atoms with Crippen molar-refractivity contribution in [1.29, 1.82) is 5.26 Å². The Morgan fingerprint density at radius 3 is 1.44 bits per heavy atom. The summed E-state index contributed by atoms with van der Waals surface area (Å²) >= 11 is 0. The van der Waals surface area contributed by atoms with Crippen molar-refractivity contribution >= 4 is 17.9 Å². The van der Waals surface area contributed by atoms with E-state index in [1.165, 1.54) is 113 Å². The second-order valence-electron chi connectivity index (χ2n) is 14.5. The number of hydrogen-bond donors (Lipinski definition) is 0. The van der Waals surface area contributed by atoms with Crippen LogP contribution in [0, 0.1) is 17.1 Å². The highest BCUT2D eigenvalue weighted by Crippen LogP contribution is 2.26. The average molecular weight is 798 g/mol. The maximum Gasteiger partial charge on any atom is 0.343 e. The Morgan fingerprint density at radius 2 is 0.932 bits per heavy atom. The van der Waals surface area contributed by atoms with E-state index in [4.69, 9.17) is 24.2 Å². The van der Waals surface area contributed by atoms with Crippen LogP contribution in [0.1, 0.15) is 133 Å². The van der Waals surface area contributed by atoms with E-state index in [9.17, 15) is 18.8 Å². The molecule has 59 heavy (non-hydrogen) atoms. The highest BCUT2D eigenvalue weighted by atomic mass is 19.1. The summed E-state index contributed by atoms with van der Waals surface area (Å²) in [5.41, 5.74) is 2.22. The molecule has 8 nitrogen and oxygen atoms in total. The fourth-order valence-corrected chi connectivity index (χ4v) is 6.52. The van der Waals surface area contributed by atoms with Crippen LogP contribution in [-0.4, -0.2) is 24.5 Å². The first-order valence-corrected chi connectivity index (χ1v) is 20.7. The Bertz CT molecular complexity index is 2140. The quantitative estimate of drug-likeness (QED) is 0.0365. The third-order valence-electron chi connectivity index (χ3n) is 9.93. The lowest BCUT2D eigenvalue weighted by Gasteiger charge is -2.09. The second-order valence-corrected chi connectivity index (χ2v) is 14.5.